The van der Waals surface area contributed by atoms with Crippen molar-refractivity contribution in [1.29, 1.82) is 0 Å². The Balaban J connectivity index is 1.94. The molecular formula is C22H31N3O3. The number of anilines is 1. The van der Waals surface area contributed by atoms with Gasteiger partial charge in [-0.05, 0) is 37.8 Å². The lowest BCUT2D eigenvalue weighted by Crippen LogP contribution is -2.64. The number of amides is 3. The molecule has 152 valence electrons. The fourth-order valence-corrected chi connectivity index (χ4v) is 4.56. The molecule has 0 aliphatic heterocycles. The Morgan fingerprint density at radius 1 is 1.00 bits per heavy atom. The van der Waals surface area contributed by atoms with E-state index in [4.69, 9.17) is 0 Å². The SMILES string of the molecule is CC(=O)NCC(=O)N(c1ccccc1)C1(C(=O)NC2CCCC2)CCCCC1. The lowest BCUT2D eigenvalue weighted by atomic mass is 9.78. The number of hydrogen-bond donors (Lipinski definition) is 2. The zero-order chi connectivity index (χ0) is 20.0. The van der Waals surface area contributed by atoms with E-state index in [0.717, 1.165) is 44.9 Å². The molecule has 0 radical (unpaired) electrons. The van der Waals surface area contributed by atoms with E-state index in [1.807, 2.05) is 30.3 Å². The number of carbonyl (C=O) groups excluding carboxylic acids is 3. The highest BCUT2D eigenvalue weighted by molar-refractivity contribution is 6.05. The average Bonchev–Trinajstić information content (AvgIpc) is 3.21. The highest BCUT2D eigenvalue weighted by Gasteiger charge is 2.48. The van der Waals surface area contributed by atoms with Crippen LogP contribution in [0.1, 0.15) is 64.7 Å². The van der Waals surface area contributed by atoms with Crippen LogP contribution in [-0.2, 0) is 14.4 Å². The lowest BCUT2D eigenvalue weighted by molar-refractivity contribution is -0.132. The molecule has 0 atom stereocenters. The molecule has 2 aliphatic carbocycles. The van der Waals surface area contributed by atoms with E-state index in [2.05, 4.69) is 10.6 Å². The average molecular weight is 386 g/mol. The summed E-state index contributed by atoms with van der Waals surface area (Å²) in [5.74, 6) is -0.543. The van der Waals surface area contributed by atoms with Crippen LogP contribution in [0.25, 0.3) is 0 Å². The molecule has 2 saturated carbocycles. The van der Waals surface area contributed by atoms with E-state index < -0.39 is 5.54 Å². The van der Waals surface area contributed by atoms with Crippen LogP contribution >= 0.6 is 0 Å². The normalized spacial score (nSPS) is 19.0. The molecule has 0 saturated heterocycles. The summed E-state index contributed by atoms with van der Waals surface area (Å²) < 4.78 is 0. The summed E-state index contributed by atoms with van der Waals surface area (Å²) in [7, 11) is 0. The van der Waals surface area contributed by atoms with Crippen LogP contribution in [0.3, 0.4) is 0 Å². The Kier molecular flexibility index (Phi) is 6.70. The predicted molar refractivity (Wildman–Crippen MR) is 109 cm³/mol. The number of rotatable bonds is 6. The van der Waals surface area contributed by atoms with Crippen molar-refractivity contribution in [2.24, 2.45) is 0 Å². The second kappa shape index (κ2) is 9.22. The van der Waals surface area contributed by atoms with Crippen LogP contribution in [0.5, 0.6) is 0 Å². The van der Waals surface area contributed by atoms with Gasteiger partial charge in [0.2, 0.25) is 17.7 Å². The van der Waals surface area contributed by atoms with Gasteiger partial charge in [-0.3, -0.25) is 19.3 Å². The van der Waals surface area contributed by atoms with E-state index in [1.54, 1.807) is 4.90 Å². The monoisotopic (exact) mass is 385 g/mol. The first kappa shape index (κ1) is 20.4. The molecule has 0 aromatic heterocycles. The molecule has 0 spiro atoms. The maximum absolute atomic E-state index is 13.5. The van der Waals surface area contributed by atoms with Gasteiger partial charge >= 0.3 is 0 Å². The number of nitrogens with zero attached hydrogens (tertiary/aromatic N) is 1. The van der Waals surface area contributed by atoms with Crippen LogP contribution in [0.2, 0.25) is 0 Å². The second-order valence-electron chi connectivity index (χ2n) is 8.02. The number of hydrogen-bond acceptors (Lipinski definition) is 3. The molecule has 0 unspecified atom stereocenters. The molecule has 2 N–H and O–H groups in total. The highest BCUT2D eigenvalue weighted by atomic mass is 16.2. The fraction of sp³-hybridized carbons (Fsp3) is 0.591. The molecule has 6 heteroatoms. The summed E-state index contributed by atoms with van der Waals surface area (Å²) in [6.45, 7) is 1.28. The van der Waals surface area contributed by atoms with Gasteiger partial charge in [0.15, 0.2) is 0 Å². The first-order valence-corrected chi connectivity index (χ1v) is 10.5. The standard InChI is InChI=1S/C22H31N3O3/c1-17(26)23-16-20(27)25(19-12-4-2-5-13-19)22(14-8-3-9-15-22)21(28)24-18-10-6-7-11-18/h2,4-5,12-13,18H,3,6-11,14-16H2,1H3,(H,23,26)(H,24,28). The van der Waals surface area contributed by atoms with Crippen molar-refractivity contribution in [3.8, 4) is 0 Å². The molecule has 28 heavy (non-hydrogen) atoms. The molecule has 0 bridgehead atoms. The second-order valence-corrected chi connectivity index (χ2v) is 8.02. The summed E-state index contributed by atoms with van der Waals surface area (Å²) in [6.07, 6.45) is 8.48. The Labute approximate surface area is 167 Å². The largest absolute Gasteiger partial charge is 0.351 e. The molecule has 1 aromatic carbocycles. The number of nitrogens with one attached hydrogen (secondary N) is 2. The van der Waals surface area contributed by atoms with Crippen molar-refractivity contribution in [1.82, 2.24) is 10.6 Å². The summed E-state index contributed by atoms with van der Waals surface area (Å²) in [4.78, 5) is 39.8. The fourth-order valence-electron chi connectivity index (χ4n) is 4.56. The first-order valence-electron chi connectivity index (χ1n) is 10.5. The Morgan fingerprint density at radius 2 is 1.64 bits per heavy atom. The molecule has 2 aliphatic rings. The maximum Gasteiger partial charge on any atom is 0.247 e. The van der Waals surface area contributed by atoms with Crippen LogP contribution < -0.4 is 15.5 Å². The van der Waals surface area contributed by atoms with E-state index >= 15 is 0 Å². The lowest BCUT2D eigenvalue weighted by Gasteiger charge is -2.45. The summed E-state index contributed by atoms with van der Waals surface area (Å²) in [5, 5.41) is 5.84. The van der Waals surface area contributed by atoms with Crippen LogP contribution in [0, 0.1) is 0 Å². The van der Waals surface area contributed by atoms with Gasteiger partial charge in [-0.2, -0.15) is 0 Å². The van der Waals surface area contributed by atoms with Crippen molar-refractivity contribution < 1.29 is 14.4 Å². The zero-order valence-electron chi connectivity index (χ0n) is 16.7. The third-order valence-corrected chi connectivity index (χ3v) is 5.97. The summed E-state index contributed by atoms with van der Waals surface area (Å²) >= 11 is 0. The Bertz CT molecular complexity index is 692. The minimum Gasteiger partial charge on any atom is -0.351 e. The van der Waals surface area contributed by atoms with Gasteiger partial charge in [0, 0.05) is 18.7 Å². The van der Waals surface area contributed by atoms with Gasteiger partial charge < -0.3 is 10.6 Å². The van der Waals surface area contributed by atoms with Crippen molar-refractivity contribution in [2.75, 3.05) is 11.4 Å². The van der Waals surface area contributed by atoms with E-state index in [-0.39, 0.29) is 30.3 Å². The van der Waals surface area contributed by atoms with Crippen molar-refractivity contribution in [2.45, 2.75) is 76.3 Å². The maximum atomic E-state index is 13.5. The quantitative estimate of drug-likeness (QED) is 0.790. The molecule has 0 heterocycles. The summed E-state index contributed by atoms with van der Waals surface area (Å²) in [5.41, 5.74) is -0.182. The van der Waals surface area contributed by atoms with Gasteiger partial charge in [-0.15, -0.1) is 0 Å². The van der Waals surface area contributed by atoms with Crippen LogP contribution in [-0.4, -0.2) is 35.8 Å². The van der Waals surface area contributed by atoms with Gasteiger partial charge in [-0.25, -0.2) is 0 Å². The topological polar surface area (TPSA) is 78.5 Å². The van der Waals surface area contributed by atoms with E-state index in [9.17, 15) is 14.4 Å². The summed E-state index contributed by atoms with van der Waals surface area (Å²) in [6, 6.07) is 9.58. The molecule has 3 amide bonds. The minimum atomic E-state index is -0.891. The zero-order valence-corrected chi connectivity index (χ0v) is 16.7. The third kappa shape index (κ3) is 4.54. The van der Waals surface area contributed by atoms with Crippen LogP contribution in [0.15, 0.2) is 30.3 Å². The van der Waals surface area contributed by atoms with Crippen molar-refractivity contribution in [3.63, 3.8) is 0 Å². The van der Waals surface area contributed by atoms with Gasteiger partial charge in [-0.1, -0.05) is 50.3 Å². The predicted octanol–water partition coefficient (Wildman–Crippen LogP) is 2.92. The molecule has 6 nitrogen and oxygen atoms in total. The third-order valence-electron chi connectivity index (χ3n) is 5.97. The molecule has 2 fully saturated rings. The first-order chi connectivity index (χ1) is 13.5. The Hall–Kier alpha value is -2.37. The van der Waals surface area contributed by atoms with Gasteiger partial charge in [0.1, 0.15) is 5.54 Å². The van der Waals surface area contributed by atoms with Crippen LogP contribution in [0.4, 0.5) is 5.69 Å². The highest BCUT2D eigenvalue weighted by Crippen LogP contribution is 2.38. The van der Waals surface area contributed by atoms with Crippen molar-refractivity contribution in [3.05, 3.63) is 30.3 Å². The molecular weight excluding hydrogens is 354 g/mol. The molecule has 3 rings (SSSR count). The Morgan fingerprint density at radius 3 is 2.25 bits per heavy atom. The number of para-hydroxylation sites is 1. The van der Waals surface area contributed by atoms with E-state index in [1.165, 1.54) is 6.92 Å². The van der Waals surface area contributed by atoms with Gasteiger partial charge in [0.05, 0.1) is 6.54 Å². The van der Waals surface area contributed by atoms with Crippen molar-refractivity contribution >= 4 is 23.4 Å². The number of carbonyl (C=O) groups is 3. The number of benzene rings is 1. The van der Waals surface area contributed by atoms with Gasteiger partial charge in [0.25, 0.3) is 0 Å². The minimum absolute atomic E-state index is 0.0425. The molecule has 1 aromatic rings. The smallest absolute Gasteiger partial charge is 0.247 e. The van der Waals surface area contributed by atoms with E-state index in [0.29, 0.717) is 18.5 Å².